The molecular weight excluding hydrogens is 232 g/mol. The fourth-order valence-electron chi connectivity index (χ4n) is 2.73. The minimum absolute atomic E-state index is 0.0589. The Morgan fingerprint density at radius 1 is 1.50 bits per heavy atom. The molecule has 1 heterocycles. The number of nitrogens with one attached hydrogen (secondary N) is 1. The van der Waals surface area contributed by atoms with Gasteiger partial charge in [0.15, 0.2) is 0 Å². The Morgan fingerprint density at radius 2 is 2.17 bits per heavy atom. The highest BCUT2D eigenvalue weighted by atomic mass is 16.4. The molecule has 1 amide bonds. The summed E-state index contributed by atoms with van der Waals surface area (Å²) in [7, 11) is 1.81. The van der Waals surface area contributed by atoms with E-state index >= 15 is 0 Å². The first-order valence-electron chi connectivity index (χ1n) is 6.63. The predicted molar refractivity (Wildman–Crippen MR) is 69.3 cm³/mol. The molecule has 0 aromatic carbocycles. The molecule has 1 fully saturated rings. The van der Waals surface area contributed by atoms with Crippen molar-refractivity contribution in [3.05, 3.63) is 0 Å². The van der Waals surface area contributed by atoms with Crippen LogP contribution in [0, 0.1) is 11.3 Å². The molecule has 18 heavy (non-hydrogen) atoms. The second-order valence-electron chi connectivity index (χ2n) is 5.30. The van der Waals surface area contributed by atoms with Crippen molar-refractivity contribution < 1.29 is 14.7 Å². The van der Waals surface area contributed by atoms with Crippen molar-refractivity contribution >= 4 is 11.9 Å². The Morgan fingerprint density at radius 3 is 2.67 bits per heavy atom. The lowest BCUT2D eigenvalue weighted by atomic mass is 9.83. The number of carbonyl (C=O) groups is 2. The zero-order valence-corrected chi connectivity index (χ0v) is 11.5. The number of rotatable bonds is 6. The van der Waals surface area contributed by atoms with E-state index in [1.807, 2.05) is 20.9 Å². The summed E-state index contributed by atoms with van der Waals surface area (Å²) in [4.78, 5) is 25.3. The molecule has 1 saturated heterocycles. The Labute approximate surface area is 109 Å². The average molecular weight is 256 g/mol. The topological polar surface area (TPSA) is 69.6 Å². The van der Waals surface area contributed by atoms with Gasteiger partial charge in [-0.15, -0.1) is 0 Å². The van der Waals surface area contributed by atoms with Crippen molar-refractivity contribution in [3.63, 3.8) is 0 Å². The Hall–Kier alpha value is -1.10. The van der Waals surface area contributed by atoms with Crippen LogP contribution < -0.4 is 5.32 Å². The smallest absolute Gasteiger partial charge is 0.311 e. The fraction of sp³-hybridized carbons (Fsp3) is 0.846. The Balaban J connectivity index is 2.69. The first-order valence-corrected chi connectivity index (χ1v) is 6.63. The van der Waals surface area contributed by atoms with Gasteiger partial charge in [-0.25, -0.2) is 0 Å². The van der Waals surface area contributed by atoms with E-state index in [0.29, 0.717) is 32.5 Å². The van der Waals surface area contributed by atoms with E-state index in [9.17, 15) is 14.7 Å². The van der Waals surface area contributed by atoms with E-state index in [4.69, 9.17) is 0 Å². The predicted octanol–water partition coefficient (Wildman–Crippen LogP) is 0.945. The zero-order chi connectivity index (χ0) is 13.8. The zero-order valence-electron chi connectivity index (χ0n) is 11.5. The lowest BCUT2D eigenvalue weighted by molar-refractivity contribution is -0.149. The molecule has 5 heteroatoms. The minimum atomic E-state index is -0.763. The Bertz CT molecular complexity index is 319. The van der Waals surface area contributed by atoms with E-state index in [1.54, 1.807) is 4.90 Å². The van der Waals surface area contributed by atoms with Crippen LogP contribution in [0.2, 0.25) is 0 Å². The summed E-state index contributed by atoms with van der Waals surface area (Å²) in [6.07, 6.45) is 2.06. The number of carbonyl (C=O) groups excluding carboxylic acids is 1. The molecule has 2 N–H and O–H groups in total. The van der Waals surface area contributed by atoms with Gasteiger partial charge in [-0.1, -0.05) is 20.3 Å². The molecule has 1 aliphatic heterocycles. The van der Waals surface area contributed by atoms with Crippen molar-refractivity contribution in [2.45, 2.75) is 33.1 Å². The molecule has 0 saturated carbocycles. The number of carboxylic acid groups (broad SMARTS) is 1. The van der Waals surface area contributed by atoms with E-state index in [1.165, 1.54) is 0 Å². The second kappa shape index (κ2) is 6.18. The summed E-state index contributed by atoms with van der Waals surface area (Å²) in [5, 5.41) is 12.4. The lowest BCUT2D eigenvalue weighted by Crippen LogP contribution is -2.40. The van der Waals surface area contributed by atoms with Gasteiger partial charge in [0.05, 0.1) is 5.41 Å². The number of aliphatic carboxylic acids is 1. The third-order valence-corrected chi connectivity index (χ3v) is 3.78. The lowest BCUT2D eigenvalue weighted by Gasteiger charge is -2.25. The molecule has 2 atom stereocenters. The van der Waals surface area contributed by atoms with Crippen LogP contribution >= 0.6 is 0 Å². The molecule has 104 valence electrons. The van der Waals surface area contributed by atoms with Crippen LogP contribution in [-0.2, 0) is 9.59 Å². The summed E-state index contributed by atoms with van der Waals surface area (Å²) in [5.41, 5.74) is -0.718. The molecule has 0 bridgehead atoms. The molecular formula is C13H24N2O3. The van der Waals surface area contributed by atoms with Gasteiger partial charge < -0.3 is 15.3 Å². The molecule has 0 aromatic heterocycles. The van der Waals surface area contributed by atoms with Crippen LogP contribution in [0.1, 0.15) is 33.1 Å². The van der Waals surface area contributed by atoms with Gasteiger partial charge in [0, 0.05) is 25.6 Å². The maximum Gasteiger partial charge on any atom is 0.311 e. The number of likely N-dealkylation sites (tertiary alicyclic amines) is 1. The number of amides is 1. The summed E-state index contributed by atoms with van der Waals surface area (Å²) in [6.45, 7) is 5.42. The average Bonchev–Trinajstić information content (AvgIpc) is 2.74. The second-order valence-corrected chi connectivity index (χ2v) is 5.30. The SMILES string of the molecule is CCCC1(C(=O)O)CCN(C(=O)C(C)CNC)C1. The number of nitrogens with zero attached hydrogens (tertiary/aromatic N) is 1. The highest BCUT2D eigenvalue weighted by molar-refractivity contribution is 5.82. The van der Waals surface area contributed by atoms with Crippen LogP contribution in [0.4, 0.5) is 0 Å². The van der Waals surface area contributed by atoms with Gasteiger partial charge in [0.1, 0.15) is 0 Å². The van der Waals surface area contributed by atoms with Crippen molar-refractivity contribution in [1.82, 2.24) is 10.2 Å². The molecule has 5 nitrogen and oxygen atoms in total. The van der Waals surface area contributed by atoms with E-state index in [-0.39, 0.29) is 11.8 Å². The van der Waals surface area contributed by atoms with Crippen LogP contribution in [-0.4, -0.2) is 48.6 Å². The monoisotopic (exact) mass is 256 g/mol. The van der Waals surface area contributed by atoms with Crippen LogP contribution in [0.3, 0.4) is 0 Å². The quantitative estimate of drug-likeness (QED) is 0.742. The summed E-state index contributed by atoms with van der Waals surface area (Å²) in [6, 6.07) is 0. The van der Waals surface area contributed by atoms with E-state index in [0.717, 1.165) is 6.42 Å². The van der Waals surface area contributed by atoms with Crippen LogP contribution in [0.15, 0.2) is 0 Å². The number of carboxylic acids is 1. The molecule has 0 spiro atoms. The first kappa shape index (κ1) is 15.0. The molecule has 0 radical (unpaired) electrons. The number of hydrogen-bond acceptors (Lipinski definition) is 3. The van der Waals surface area contributed by atoms with E-state index in [2.05, 4.69) is 5.32 Å². The van der Waals surface area contributed by atoms with Crippen LogP contribution in [0.25, 0.3) is 0 Å². The normalized spacial score (nSPS) is 25.2. The summed E-state index contributed by atoms with van der Waals surface area (Å²) < 4.78 is 0. The fourth-order valence-corrected chi connectivity index (χ4v) is 2.73. The molecule has 1 rings (SSSR count). The minimum Gasteiger partial charge on any atom is -0.481 e. The highest BCUT2D eigenvalue weighted by Gasteiger charge is 2.45. The molecule has 0 aromatic rings. The molecule has 0 aliphatic carbocycles. The van der Waals surface area contributed by atoms with Gasteiger partial charge in [-0.3, -0.25) is 9.59 Å². The van der Waals surface area contributed by atoms with Crippen molar-refractivity contribution in [2.75, 3.05) is 26.7 Å². The highest BCUT2D eigenvalue weighted by Crippen LogP contribution is 2.36. The third-order valence-electron chi connectivity index (χ3n) is 3.78. The summed E-state index contributed by atoms with van der Waals surface area (Å²) >= 11 is 0. The number of hydrogen-bond donors (Lipinski definition) is 2. The molecule has 2 unspecified atom stereocenters. The van der Waals surface area contributed by atoms with Gasteiger partial charge in [0.2, 0.25) is 5.91 Å². The van der Waals surface area contributed by atoms with Crippen molar-refractivity contribution in [3.8, 4) is 0 Å². The van der Waals surface area contributed by atoms with Gasteiger partial charge in [0.25, 0.3) is 0 Å². The third kappa shape index (κ3) is 3.02. The largest absolute Gasteiger partial charge is 0.481 e. The molecule has 1 aliphatic rings. The summed E-state index contributed by atoms with van der Waals surface area (Å²) in [5.74, 6) is -0.800. The van der Waals surface area contributed by atoms with E-state index < -0.39 is 11.4 Å². The van der Waals surface area contributed by atoms with Crippen molar-refractivity contribution in [2.24, 2.45) is 11.3 Å². The maximum absolute atomic E-state index is 12.1. The first-order chi connectivity index (χ1) is 8.46. The standard InChI is InChI=1S/C13H24N2O3/c1-4-5-13(12(17)18)6-7-15(9-13)11(16)10(2)8-14-3/h10,14H,4-9H2,1-3H3,(H,17,18). The van der Waals surface area contributed by atoms with Gasteiger partial charge >= 0.3 is 5.97 Å². The Kier molecular flexibility index (Phi) is 5.14. The maximum atomic E-state index is 12.1. The van der Waals surface area contributed by atoms with Crippen LogP contribution in [0.5, 0.6) is 0 Å². The van der Waals surface area contributed by atoms with Crippen molar-refractivity contribution in [1.29, 1.82) is 0 Å². The van der Waals surface area contributed by atoms with Gasteiger partial charge in [-0.2, -0.15) is 0 Å². The van der Waals surface area contributed by atoms with Gasteiger partial charge in [-0.05, 0) is 19.9 Å².